The van der Waals surface area contributed by atoms with Crippen LogP contribution in [0.5, 0.6) is 0 Å². The molecule has 2 unspecified atom stereocenters. The number of ether oxygens (including phenoxy) is 1. The molecule has 1 aliphatic carbocycles. The van der Waals surface area contributed by atoms with E-state index < -0.39 is 21.8 Å². The first kappa shape index (κ1) is 20.5. The Kier molecular flexibility index (Phi) is 6.17. The van der Waals surface area contributed by atoms with Crippen molar-refractivity contribution in [3.63, 3.8) is 0 Å². The van der Waals surface area contributed by atoms with Gasteiger partial charge >= 0.3 is 5.97 Å². The fraction of sp³-hybridized carbons (Fsp3) is 0.550. The summed E-state index contributed by atoms with van der Waals surface area (Å²) < 4.78 is 29.6. The number of hydrogen-bond donors (Lipinski definition) is 0. The van der Waals surface area contributed by atoms with E-state index in [9.17, 15) is 22.8 Å². The van der Waals surface area contributed by atoms with Gasteiger partial charge in [0.05, 0.1) is 29.1 Å². The average Bonchev–Trinajstić information content (AvgIpc) is 2.96. The standard InChI is InChI=1S/C20H25NO6S/c1-14(21-18(22)16-10-5-6-11-17(16)19(21)23)20(24)27-12-7-13-28(25,26)15-8-3-2-4-9-15/h2-4,8-9,14,16-17H,5-7,10-13H2,1H3/t14-,16?,17?/m0/s1. The minimum Gasteiger partial charge on any atom is -0.464 e. The number of hydrogen-bond acceptors (Lipinski definition) is 6. The summed E-state index contributed by atoms with van der Waals surface area (Å²) in [6.45, 7) is 1.40. The zero-order valence-electron chi connectivity index (χ0n) is 15.9. The highest BCUT2D eigenvalue weighted by molar-refractivity contribution is 7.91. The van der Waals surface area contributed by atoms with Gasteiger partial charge in [-0.1, -0.05) is 31.0 Å². The largest absolute Gasteiger partial charge is 0.464 e. The normalized spacial score (nSPS) is 23.4. The van der Waals surface area contributed by atoms with Gasteiger partial charge in [0.2, 0.25) is 11.8 Å². The number of rotatable bonds is 7. The van der Waals surface area contributed by atoms with Crippen LogP contribution in [-0.2, 0) is 29.0 Å². The maximum Gasteiger partial charge on any atom is 0.329 e. The van der Waals surface area contributed by atoms with Crippen LogP contribution in [0.3, 0.4) is 0 Å². The molecule has 1 saturated carbocycles. The van der Waals surface area contributed by atoms with Crippen molar-refractivity contribution in [2.24, 2.45) is 11.8 Å². The summed E-state index contributed by atoms with van der Waals surface area (Å²) in [4.78, 5) is 38.6. The smallest absolute Gasteiger partial charge is 0.329 e. The number of carbonyl (C=O) groups is 3. The number of likely N-dealkylation sites (tertiary alicyclic amines) is 1. The Bertz CT molecular complexity index is 827. The molecule has 0 spiro atoms. The Morgan fingerprint density at radius 1 is 1.11 bits per heavy atom. The predicted molar refractivity (Wildman–Crippen MR) is 101 cm³/mol. The third kappa shape index (κ3) is 4.11. The summed E-state index contributed by atoms with van der Waals surface area (Å²) in [5.41, 5.74) is 0. The maximum absolute atomic E-state index is 12.5. The molecule has 1 heterocycles. The van der Waals surface area contributed by atoms with Gasteiger partial charge in [-0.2, -0.15) is 0 Å². The first-order chi connectivity index (χ1) is 13.3. The highest BCUT2D eigenvalue weighted by Crippen LogP contribution is 2.38. The Morgan fingerprint density at radius 2 is 1.68 bits per heavy atom. The summed E-state index contributed by atoms with van der Waals surface area (Å²) in [5, 5.41) is 0. The summed E-state index contributed by atoms with van der Waals surface area (Å²) in [5.74, 6) is -2.03. The van der Waals surface area contributed by atoms with Crippen LogP contribution < -0.4 is 0 Å². The lowest BCUT2D eigenvalue weighted by atomic mass is 9.81. The van der Waals surface area contributed by atoms with E-state index in [1.807, 2.05) is 0 Å². The van der Waals surface area contributed by atoms with Crippen molar-refractivity contribution in [3.05, 3.63) is 30.3 Å². The van der Waals surface area contributed by atoms with Crippen LogP contribution in [0.4, 0.5) is 0 Å². The number of imide groups is 1. The van der Waals surface area contributed by atoms with E-state index in [1.54, 1.807) is 18.2 Å². The number of carbonyl (C=O) groups excluding carboxylic acids is 3. The van der Waals surface area contributed by atoms with E-state index in [0.29, 0.717) is 12.8 Å². The second-order valence-corrected chi connectivity index (χ2v) is 9.48. The maximum atomic E-state index is 12.5. The lowest BCUT2D eigenvalue weighted by Gasteiger charge is -2.21. The van der Waals surface area contributed by atoms with Crippen LogP contribution in [0.1, 0.15) is 39.0 Å². The van der Waals surface area contributed by atoms with Gasteiger partial charge in [0.15, 0.2) is 9.84 Å². The third-order valence-corrected chi connectivity index (χ3v) is 7.32. The van der Waals surface area contributed by atoms with E-state index >= 15 is 0 Å². The van der Waals surface area contributed by atoms with Crippen molar-refractivity contribution in [1.29, 1.82) is 0 Å². The highest BCUT2D eigenvalue weighted by atomic mass is 32.2. The molecule has 7 nitrogen and oxygen atoms in total. The molecule has 3 rings (SSSR count). The number of esters is 1. The molecule has 3 atom stereocenters. The number of fused-ring (bicyclic) bond motifs is 1. The van der Waals surface area contributed by atoms with Crippen molar-refractivity contribution < 1.29 is 27.5 Å². The van der Waals surface area contributed by atoms with Gasteiger partial charge in [0, 0.05) is 0 Å². The molecule has 1 aromatic rings. The van der Waals surface area contributed by atoms with Crippen molar-refractivity contribution in [1.82, 2.24) is 4.90 Å². The Labute approximate surface area is 165 Å². The average molecular weight is 407 g/mol. The third-order valence-electron chi connectivity index (χ3n) is 5.51. The molecule has 1 aromatic carbocycles. The van der Waals surface area contributed by atoms with E-state index in [-0.39, 0.29) is 47.3 Å². The van der Waals surface area contributed by atoms with Gasteiger partial charge in [-0.05, 0) is 38.3 Å². The van der Waals surface area contributed by atoms with Gasteiger partial charge < -0.3 is 4.74 Å². The molecular weight excluding hydrogens is 382 g/mol. The van der Waals surface area contributed by atoms with Gasteiger partial charge in [0.25, 0.3) is 0 Å². The van der Waals surface area contributed by atoms with Crippen molar-refractivity contribution in [3.8, 4) is 0 Å². The molecule has 2 aliphatic rings. The van der Waals surface area contributed by atoms with E-state index in [0.717, 1.165) is 17.7 Å². The first-order valence-corrected chi connectivity index (χ1v) is 11.3. The van der Waals surface area contributed by atoms with Crippen molar-refractivity contribution in [2.45, 2.75) is 50.0 Å². The first-order valence-electron chi connectivity index (χ1n) is 9.64. The zero-order chi connectivity index (χ0) is 20.3. The molecule has 8 heteroatoms. The van der Waals surface area contributed by atoms with Crippen LogP contribution in [-0.4, -0.2) is 49.5 Å². The summed E-state index contributed by atoms with van der Waals surface area (Å²) >= 11 is 0. The molecule has 2 fully saturated rings. The second-order valence-electron chi connectivity index (χ2n) is 7.37. The summed E-state index contributed by atoms with van der Waals surface area (Å²) in [6.07, 6.45) is 3.35. The fourth-order valence-corrected chi connectivity index (χ4v) is 5.27. The van der Waals surface area contributed by atoms with Crippen LogP contribution >= 0.6 is 0 Å². The summed E-state index contributed by atoms with van der Waals surface area (Å²) in [7, 11) is -3.44. The van der Waals surface area contributed by atoms with Crippen molar-refractivity contribution >= 4 is 27.6 Å². The number of sulfone groups is 1. The fourth-order valence-electron chi connectivity index (χ4n) is 3.96. The van der Waals surface area contributed by atoms with Gasteiger partial charge in [0.1, 0.15) is 6.04 Å². The lowest BCUT2D eigenvalue weighted by molar-refractivity contribution is -0.158. The topological polar surface area (TPSA) is 97.8 Å². The summed E-state index contributed by atoms with van der Waals surface area (Å²) in [6, 6.07) is 7.09. The minimum atomic E-state index is -3.44. The second kappa shape index (κ2) is 8.43. The molecule has 28 heavy (non-hydrogen) atoms. The van der Waals surface area contributed by atoms with Crippen LogP contribution in [0.25, 0.3) is 0 Å². The van der Waals surface area contributed by atoms with Crippen LogP contribution in [0.2, 0.25) is 0 Å². The van der Waals surface area contributed by atoms with E-state index in [4.69, 9.17) is 4.74 Å². The molecule has 0 N–H and O–H groups in total. The van der Waals surface area contributed by atoms with Gasteiger partial charge in [-0.25, -0.2) is 13.2 Å². The van der Waals surface area contributed by atoms with Crippen LogP contribution in [0.15, 0.2) is 35.2 Å². The minimum absolute atomic E-state index is 0.0850. The predicted octanol–water partition coefficient (Wildman–Crippen LogP) is 1.96. The molecule has 0 bridgehead atoms. The molecule has 0 radical (unpaired) electrons. The Morgan fingerprint density at radius 3 is 2.25 bits per heavy atom. The SMILES string of the molecule is C[C@@H](C(=O)OCCCS(=O)(=O)c1ccccc1)N1C(=O)C2CCCCC2C1=O. The molecule has 0 aromatic heterocycles. The van der Waals surface area contributed by atoms with Gasteiger partial charge in [-0.3, -0.25) is 14.5 Å². The lowest BCUT2D eigenvalue weighted by Crippen LogP contribution is -2.44. The molecular formula is C20H25NO6S. The molecule has 1 saturated heterocycles. The molecule has 2 amide bonds. The Hall–Kier alpha value is -2.22. The molecule has 1 aliphatic heterocycles. The van der Waals surface area contributed by atoms with E-state index in [2.05, 4.69) is 0 Å². The number of benzene rings is 1. The molecule has 152 valence electrons. The van der Waals surface area contributed by atoms with E-state index in [1.165, 1.54) is 19.1 Å². The van der Waals surface area contributed by atoms with Gasteiger partial charge in [-0.15, -0.1) is 0 Å². The number of amides is 2. The quantitative estimate of drug-likeness (QED) is 0.389. The monoisotopic (exact) mass is 407 g/mol. The van der Waals surface area contributed by atoms with Crippen molar-refractivity contribution in [2.75, 3.05) is 12.4 Å². The Balaban J connectivity index is 1.51. The highest BCUT2D eigenvalue weighted by Gasteiger charge is 2.51. The zero-order valence-corrected chi connectivity index (χ0v) is 16.7. The number of nitrogens with zero attached hydrogens (tertiary/aromatic N) is 1. The van der Waals surface area contributed by atoms with Crippen LogP contribution in [0, 0.1) is 11.8 Å².